The molecule has 0 atom stereocenters. The summed E-state index contributed by atoms with van der Waals surface area (Å²) in [4.78, 5) is 11.0. The number of halogens is 2. The van der Waals surface area contributed by atoms with Gasteiger partial charge >= 0.3 is 5.97 Å². The van der Waals surface area contributed by atoms with Crippen molar-refractivity contribution in [2.45, 2.75) is 36.3 Å². The molecule has 0 rings (SSSR count). The predicted octanol–water partition coefficient (Wildman–Crippen LogP) is 1.79. The zero-order valence-corrected chi connectivity index (χ0v) is 12.3. The van der Waals surface area contributed by atoms with Crippen LogP contribution in [0.3, 0.4) is 0 Å². The maximum absolute atomic E-state index is 11.0. The lowest BCUT2D eigenvalue weighted by Crippen LogP contribution is -2.84. The van der Waals surface area contributed by atoms with Crippen LogP contribution in [0.2, 0.25) is 0 Å². The Hall–Kier alpha value is 0.390. The van der Waals surface area contributed by atoms with Crippen molar-refractivity contribution in [3.05, 3.63) is 0 Å². The van der Waals surface area contributed by atoms with Gasteiger partial charge in [-0.3, -0.25) is 0 Å². The molecule has 3 nitrogen and oxygen atoms in total. The van der Waals surface area contributed by atoms with Gasteiger partial charge in [-0.2, -0.15) is 0 Å². The molecular weight excluding hydrogens is 326 g/mol. The van der Waals surface area contributed by atoms with E-state index in [-0.39, 0.29) is 9.71 Å². The maximum atomic E-state index is 11.0. The summed E-state index contributed by atoms with van der Waals surface area (Å²) in [5, 5.41) is 2.32. The molecular formula is C10H20Br2NO2+. The normalized spacial score (nSPS) is 10.7. The third kappa shape index (κ3) is 10.7. The van der Waals surface area contributed by atoms with Gasteiger partial charge in [0.25, 0.3) is 0 Å². The Bertz CT molecular complexity index is 166. The predicted molar refractivity (Wildman–Crippen MR) is 68.4 cm³/mol. The molecule has 0 aromatic carbocycles. The van der Waals surface area contributed by atoms with Gasteiger partial charge in [-0.25, -0.2) is 4.79 Å². The Balaban J connectivity index is 3.08. The average Bonchev–Trinajstić information content (AvgIpc) is 2.21. The minimum atomic E-state index is -0.374. The Kier molecular flexibility index (Phi) is 11.2. The van der Waals surface area contributed by atoms with E-state index in [0.717, 1.165) is 19.4 Å². The van der Waals surface area contributed by atoms with Crippen molar-refractivity contribution in [2.75, 3.05) is 19.7 Å². The number of carbonyl (C=O) groups excluding carboxylic acids is 1. The summed E-state index contributed by atoms with van der Waals surface area (Å²) in [5.41, 5.74) is 0. The number of carbonyl (C=O) groups is 1. The number of esters is 1. The van der Waals surface area contributed by atoms with Crippen LogP contribution < -0.4 is 5.32 Å². The number of ether oxygens (including phenoxy) is 1. The third-order valence-corrected chi connectivity index (χ3v) is 2.73. The molecule has 0 aliphatic rings. The quantitative estimate of drug-likeness (QED) is 0.393. The molecule has 0 aliphatic carbocycles. The monoisotopic (exact) mass is 344 g/mol. The summed E-state index contributed by atoms with van der Waals surface area (Å²) >= 11 is 6.17. The summed E-state index contributed by atoms with van der Waals surface area (Å²) in [6.07, 6.45) is 4.59. The van der Waals surface area contributed by atoms with E-state index in [1.54, 1.807) is 0 Å². The van der Waals surface area contributed by atoms with Gasteiger partial charge in [0.15, 0.2) is 3.74 Å². The van der Waals surface area contributed by atoms with Crippen LogP contribution in [0.5, 0.6) is 0 Å². The minimum absolute atomic E-state index is 0.245. The number of quaternary nitrogens is 1. The molecule has 0 aromatic heterocycles. The lowest BCUT2D eigenvalue weighted by Gasteiger charge is -2.04. The fraction of sp³-hybridized carbons (Fsp3) is 0.900. The number of hydrogen-bond acceptors (Lipinski definition) is 2. The summed E-state index contributed by atoms with van der Waals surface area (Å²) in [6.45, 7) is 5.06. The first-order valence-corrected chi connectivity index (χ1v) is 7.28. The van der Waals surface area contributed by atoms with Gasteiger partial charge in [0.2, 0.25) is 0 Å². The van der Waals surface area contributed by atoms with E-state index < -0.39 is 0 Å². The van der Waals surface area contributed by atoms with Crippen molar-refractivity contribution < 1.29 is 14.8 Å². The molecule has 2 N–H and O–H groups in total. The second-order valence-electron chi connectivity index (χ2n) is 3.39. The lowest BCUT2D eigenvalue weighted by molar-refractivity contribution is -0.655. The number of nitrogens with two attached hydrogens (primary N) is 1. The van der Waals surface area contributed by atoms with Crippen LogP contribution in [0.25, 0.3) is 0 Å². The van der Waals surface area contributed by atoms with Gasteiger partial charge in [0.1, 0.15) is 0 Å². The van der Waals surface area contributed by atoms with Crippen LogP contribution in [0.1, 0.15) is 32.6 Å². The second-order valence-corrected chi connectivity index (χ2v) is 6.45. The molecule has 0 heterocycles. The van der Waals surface area contributed by atoms with Crippen LogP contribution in [0, 0.1) is 0 Å². The molecule has 0 amide bonds. The van der Waals surface area contributed by atoms with Gasteiger partial charge in [0.05, 0.1) is 19.7 Å². The highest BCUT2D eigenvalue weighted by Gasteiger charge is 2.10. The molecule has 0 spiro atoms. The zero-order valence-electron chi connectivity index (χ0n) is 9.18. The second kappa shape index (κ2) is 10.9. The Morgan fingerprint density at radius 3 is 2.53 bits per heavy atom. The molecule has 0 unspecified atom stereocenters. The molecule has 5 heteroatoms. The first-order valence-electron chi connectivity index (χ1n) is 5.45. The fourth-order valence-corrected chi connectivity index (χ4v) is 1.38. The van der Waals surface area contributed by atoms with E-state index in [2.05, 4.69) is 44.1 Å². The van der Waals surface area contributed by atoms with E-state index in [9.17, 15) is 4.79 Å². The van der Waals surface area contributed by atoms with Crippen molar-refractivity contribution >= 4 is 37.8 Å². The summed E-state index contributed by atoms with van der Waals surface area (Å²) < 4.78 is 4.61. The molecule has 0 radical (unpaired) electrons. The molecule has 0 fully saturated rings. The molecule has 0 aliphatic heterocycles. The van der Waals surface area contributed by atoms with E-state index in [4.69, 9.17) is 4.74 Å². The van der Waals surface area contributed by atoms with Crippen molar-refractivity contribution in [3.8, 4) is 0 Å². The van der Waals surface area contributed by atoms with Gasteiger partial charge < -0.3 is 10.1 Å². The molecule has 0 saturated carbocycles. The van der Waals surface area contributed by atoms with Crippen LogP contribution in [-0.2, 0) is 9.53 Å². The smallest absolute Gasteiger partial charge is 0.330 e. The molecule has 90 valence electrons. The maximum Gasteiger partial charge on any atom is 0.330 e. The van der Waals surface area contributed by atoms with E-state index >= 15 is 0 Å². The van der Waals surface area contributed by atoms with Crippen LogP contribution in [0.4, 0.5) is 0 Å². The highest BCUT2D eigenvalue weighted by atomic mass is 79.9. The fourth-order valence-electron chi connectivity index (χ4n) is 1.12. The third-order valence-electron chi connectivity index (χ3n) is 1.99. The molecule has 0 saturated heterocycles. The zero-order chi connectivity index (χ0) is 11.5. The van der Waals surface area contributed by atoms with E-state index in [1.807, 2.05) is 0 Å². The summed E-state index contributed by atoms with van der Waals surface area (Å²) in [5.74, 6) is -0.245. The minimum Gasteiger partial charge on any atom is -0.464 e. The molecule has 15 heavy (non-hydrogen) atoms. The molecule has 0 aromatic rings. The Morgan fingerprint density at radius 1 is 1.27 bits per heavy atom. The van der Waals surface area contributed by atoms with Crippen LogP contribution >= 0.6 is 31.9 Å². The Labute approximate surface area is 109 Å². The van der Waals surface area contributed by atoms with Crippen LogP contribution in [-0.4, -0.2) is 29.4 Å². The van der Waals surface area contributed by atoms with Crippen molar-refractivity contribution in [1.82, 2.24) is 0 Å². The SMILES string of the molecule is CCCC[NH2+]CCCCOC(=O)C(Br)Br. The van der Waals surface area contributed by atoms with Crippen LogP contribution in [0.15, 0.2) is 0 Å². The lowest BCUT2D eigenvalue weighted by atomic mass is 10.3. The average molecular weight is 346 g/mol. The summed E-state index contributed by atoms with van der Waals surface area (Å²) in [6, 6.07) is 0. The largest absolute Gasteiger partial charge is 0.464 e. The number of hydrogen-bond donors (Lipinski definition) is 1. The van der Waals surface area contributed by atoms with E-state index in [0.29, 0.717) is 6.61 Å². The van der Waals surface area contributed by atoms with Crippen molar-refractivity contribution in [1.29, 1.82) is 0 Å². The van der Waals surface area contributed by atoms with Gasteiger partial charge in [-0.15, -0.1) is 0 Å². The number of rotatable bonds is 9. The van der Waals surface area contributed by atoms with Crippen molar-refractivity contribution in [3.63, 3.8) is 0 Å². The molecule has 0 bridgehead atoms. The van der Waals surface area contributed by atoms with E-state index in [1.165, 1.54) is 19.4 Å². The first kappa shape index (κ1) is 15.4. The van der Waals surface area contributed by atoms with Crippen molar-refractivity contribution in [2.24, 2.45) is 0 Å². The first-order chi connectivity index (χ1) is 7.18. The standard InChI is InChI=1S/C10H19Br2NO2/c1-2-3-6-13-7-4-5-8-15-10(14)9(11)12/h9,13H,2-8H2,1H3/p+1. The summed E-state index contributed by atoms with van der Waals surface area (Å²) in [7, 11) is 0. The van der Waals surface area contributed by atoms with Gasteiger partial charge in [-0.1, -0.05) is 45.2 Å². The Morgan fingerprint density at radius 2 is 1.93 bits per heavy atom. The number of alkyl halides is 2. The highest BCUT2D eigenvalue weighted by molar-refractivity contribution is 9.25. The number of unbranched alkanes of at least 4 members (excludes halogenated alkanes) is 2. The highest BCUT2D eigenvalue weighted by Crippen LogP contribution is 2.09. The van der Waals surface area contributed by atoms with Gasteiger partial charge in [0, 0.05) is 0 Å². The van der Waals surface area contributed by atoms with Gasteiger partial charge in [-0.05, 0) is 19.3 Å². The topological polar surface area (TPSA) is 42.9 Å².